The van der Waals surface area contributed by atoms with E-state index in [-0.39, 0.29) is 0 Å². The molecule has 8 nitrogen and oxygen atoms in total. The topological polar surface area (TPSA) is 79.2 Å². The number of anilines is 1. The van der Waals surface area contributed by atoms with Crippen LogP contribution in [0.1, 0.15) is 16.7 Å². The van der Waals surface area contributed by atoms with E-state index in [9.17, 15) is 9.59 Å². The lowest BCUT2D eigenvalue weighted by atomic mass is 10.1. The molecule has 1 aliphatic heterocycles. The normalized spacial score (nSPS) is 14.7. The van der Waals surface area contributed by atoms with Crippen LogP contribution in [0.4, 0.5) is 5.95 Å². The molecule has 0 bridgehead atoms. The zero-order chi connectivity index (χ0) is 23.8. The predicted molar refractivity (Wildman–Crippen MR) is 135 cm³/mol. The fraction of sp³-hybridized carbons (Fsp3) is 0.320. The van der Waals surface area contributed by atoms with Crippen molar-refractivity contribution < 1.29 is 0 Å². The largest absolute Gasteiger partial charge is 0.340 e. The minimum atomic E-state index is -0.473. The number of piperazine rings is 1. The van der Waals surface area contributed by atoms with Crippen molar-refractivity contribution in [1.29, 1.82) is 0 Å². The maximum absolute atomic E-state index is 12.8. The van der Waals surface area contributed by atoms with E-state index in [4.69, 9.17) is 16.6 Å². The molecule has 2 aromatic heterocycles. The minimum absolute atomic E-state index is 0.383. The molecule has 176 valence electrons. The summed E-state index contributed by atoms with van der Waals surface area (Å²) in [6.07, 6.45) is 0. The van der Waals surface area contributed by atoms with Crippen LogP contribution < -0.4 is 16.1 Å². The Labute approximate surface area is 202 Å². The SMILES string of the molecule is Cc1ccccc1CN1CCN(c2nc3c(c(=O)[nH]c(=O)n3C)n2Cc2cccc(Cl)c2)CC1. The van der Waals surface area contributed by atoms with Gasteiger partial charge in [0.25, 0.3) is 5.56 Å². The molecule has 1 aliphatic rings. The number of benzene rings is 2. The summed E-state index contributed by atoms with van der Waals surface area (Å²) in [4.78, 5) is 36.9. The highest BCUT2D eigenvalue weighted by atomic mass is 35.5. The molecule has 0 unspecified atom stereocenters. The van der Waals surface area contributed by atoms with Crippen LogP contribution in [0.15, 0.2) is 58.1 Å². The van der Waals surface area contributed by atoms with Gasteiger partial charge in [0.2, 0.25) is 5.95 Å². The molecule has 4 aromatic rings. The zero-order valence-corrected chi connectivity index (χ0v) is 20.0. The standard InChI is InChI=1S/C25H27ClN6O2/c1-17-6-3-4-8-19(17)16-30-10-12-31(13-11-30)24-27-22-21(23(33)28-25(34)29(22)2)32(24)15-18-7-5-9-20(26)14-18/h3-9,14H,10-13,15-16H2,1-2H3,(H,28,33,34). The molecule has 3 heterocycles. The highest BCUT2D eigenvalue weighted by molar-refractivity contribution is 6.30. The van der Waals surface area contributed by atoms with Gasteiger partial charge in [0.15, 0.2) is 11.2 Å². The van der Waals surface area contributed by atoms with Gasteiger partial charge >= 0.3 is 5.69 Å². The highest BCUT2D eigenvalue weighted by Crippen LogP contribution is 2.24. The van der Waals surface area contributed by atoms with Crippen LogP contribution in [0, 0.1) is 6.92 Å². The van der Waals surface area contributed by atoms with Gasteiger partial charge < -0.3 is 4.90 Å². The smallest absolute Gasteiger partial charge is 0.329 e. The van der Waals surface area contributed by atoms with Crippen molar-refractivity contribution in [3.05, 3.63) is 91.1 Å². The van der Waals surface area contributed by atoms with Crippen LogP contribution in [0.2, 0.25) is 5.02 Å². The molecular weight excluding hydrogens is 452 g/mol. The quantitative estimate of drug-likeness (QED) is 0.477. The summed E-state index contributed by atoms with van der Waals surface area (Å²) in [5, 5.41) is 0.634. The summed E-state index contributed by atoms with van der Waals surface area (Å²) in [7, 11) is 1.63. The molecule has 0 aliphatic carbocycles. The van der Waals surface area contributed by atoms with Gasteiger partial charge in [-0.3, -0.25) is 23.8 Å². The van der Waals surface area contributed by atoms with Gasteiger partial charge in [0.05, 0.1) is 6.54 Å². The predicted octanol–water partition coefficient (Wildman–Crippen LogP) is 2.76. The third-order valence-electron chi connectivity index (χ3n) is 6.53. The van der Waals surface area contributed by atoms with E-state index in [2.05, 4.69) is 46.0 Å². The number of halogens is 1. The molecule has 0 saturated carbocycles. The van der Waals surface area contributed by atoms with Crippen LogP contribution in [0.25, 0.3) is 11.2 Å². The number of aromatic nitrogens is 4. The molecular formula is C25H27ClN6O2. The Morgan fingerprint density at radius 3 is 2.50 bits per heavy atom. The lowest BCUT2D eigenvalue weighted by Gasteiger charge is -2.35. The number of aryl methyl sites for hydroxylation is 2. The molecule has 34 heavy (non-hydrogen) atoms. The molecule has 0 radical (unpaired) electrons. The van der Waals surface area contributed by atoms with Gasteiger partial charge in [-0.15, -0.1) is 0 Å². The Hall–Kier alpha value is -3.36. The number of rotatable bonds is 5. The number of hydrogen-bond acceptors (Lipinski definition) is 5. The first-order chi connectivity index (χ1) is 16.4. The molecule has 1 saturated heterocycles. The Kier molecular flexibility index (Phi) is 6.02. The third kappa shape index (κ3) is 4.26. The zero-order valence-electron chi connectivity index (χ0n) is 19.3. The summed E-state index contributed by atoms with van der Waals surface area (Å²) in [6, 6.07) is 16.0. The van der Waals surface area contributed by atoms with Gasteiger partial charge in [-0.2, -0.15) is 4.98 Å². The summed E-state index contributed by atoms with van der Waals surface area (Å²) >= 11 is 6.21. The first-order valence-electron chi connectivity index (χ1n) is 11.4. The Bertz CT molecular complexity index is 1460. The van der Waals surface area contributed by atoms with Crippen molar-refractivity contribution >= 4 is 28.7 Å². The fourth-order valence-electron chi connectivity index (χ4n) is 4.57. The number of imidazole rings is 1. The van der Waals surface area contributed by atoms with E-state index in [1.807, 2.05) is 28.8 Å². The number of hydrogen-bond donors (Lipinski definition) is 1. The van der Waals surface area contributed by atoms with Gasteiger partial charge in [0, 0.05) is 44.8 Å². The maximum atomic E-state index is 12.8. The second-order valence-corrected chi connectivity index (χ2v) is 9.24. The highest BCUT2D eigenvalue weighted by Gasteiger charge is 2.25. The summed E-state index contributed by atoms with van der Waals surface area (Å²) < 4.78 is 3.29. The number of H-pyrrole nitrogens is 1. The summed E-state index contributed by atoms with van der Waals surface area (Å²) in [5.74, 6) is 0.692. The molecule has 1 N–H and O–H groups in total. The van der Waals surface area contributed by atoms with Crippen LogP contribution >= 0.6 is 11.6 Å². The van der Waals surface area contributed by atoms with Gasteiger partial charge in [-0.1, -0.05) is 48.0 Å². The van der Waals surface area contributed by atoms with Gasteiger partial charge in [-0.25, -0.2) is 4.79 Å². The van der Waals surface area contributed by atoms with Crippen LogP contribution in [-0.4, -0.2) is 50.2 Å². The number of nitrogens with zero attached hydrogens (tertiary/aromatic N) is 5. The van der Waals surface area contributed by atoms with Crippen molar-refractivity contribution in [3.8, 4) is 0 Å². The van der Waals surface area contributed by atoms with Crippen molar-refractivity contribution in [2.45, 2.75) is 20.0 Å². The molecule has 0 spiro atoms. The van der Waals surface area contributed by atoms with E-state index < -0.39 is 11.2 Å². The van der Waals surface area contributed by atoms with Crippen molar-refractivity contribution in [2.24, 2.45) is 7.05 Å². The van der Waals surface area contributed by atoms with Crippen LogP contribution in [-0.2, 0) is 20.1 Å². The first kappa shape index (κ1) is 22.4. The Morgan fingerprint density at radius 2 is 1.76 bits per heavy atom. The molecule has 2 aromatic carbocycles. The lowest BCUT2D eigenvalue weighted by Crippen LogP contribution is -2.47. The van der Waals surface area contributed by atoms with Gasteiger partial charge in [-0.05, 0) is 35.7 Å². The van der Waals surface area contributed by atoms with E-state index in [1.165, 1.54) is 15.7 Å². The monoisotopic (exact) mass is 478 g/mol. The second kappa shape index (κ2) is 9.12. The average Bonchev–Trinajstić information content (AvgIpc) is 3.19. The maximum Gasteiger partial charge on any atom is 0.329 e. The summed E-state index contributed by atoms with van der Waals surface area (Å²) in [5.41, 5.74) is 3.46. The molecule has 0 amide bonds. The van der Waals surface area contributed by atoms with Crippen LogP contribution in [0.5, 0.6) is 0 Å². The van der Waals surface area contributed by atoms with Gasteiger partial charge in [0.1, 0.15) is 0 Å². The molecule has 5 rings (SSSR count). The van der Waals surface area contributed by atoms with Crippen molar-refractivity contribution in [1.82, 2.24) is 24.0 Å². The third-order valence-corrected chi connectivity index (χ3v) is 6.76. The molecule has 0 atom stereocenters. The second-order valence-electron chi connectivity index (χ2n) is 8.81. The van der Waals surface area contributed by atoms with E-state index in [0.717, 1.165) is 38.3 Å². The Balaban J connectivity index is 1.47. The van der Waals surface area contributed by atoms with Crippen molar-refractivity contribution in [2.75, 3.05) is 31.1 Å². The van der Waals surface area contributed by atoms with E-state index in [1.54, 1.807) is 7.05 Å². The summed E-state index contributed by atoms with van der Waals surface area (Å²) in [6.45, 7) is 6.79. The lowest BCUT2D eigenvalue weighted by molar-refractivity contribution is 0.248. The van der Waals surface area contributed by atoms with Crippen molar-refractivity contribution in [3.63, 3.8) is 0 Å². The van der Waals surface area contributed by atoms with E-state index in [0.29, 0.717) is 28.7 Å². The molecule has 9 heteroatoms. The number of fused-ring (bicyclic) bond motifs is 1. The average molecular weight is 479 g/mol. The minimum Gasteiger partial charge on any atom is -0.340 e. The first-order valence-corrected chi connectivity index (χ1v) is 11.7. The number of nitrogens with one attached hydrogen (secondary N) is 1. The fourth-order valence-corrected chi connectivity index (χ4v) is 4.78. The van der Waals surface area contributed by atoms with E-state index >= 15 is 0 Å². The Morgan fingerprint density at radius 1 is 1.00 bits per heavy atom. The number of aromatic amines is 1. The van der Waals surface area contributed by atoms with Crippen LogP contribution in [0.3, 0.4) is 0 Å². The molecule has 1 fully saturated rings.